The fourth-order valence-electron chi connectivity index (χ4n) is 2.63. The first-order valence-corrected chi connectivity index (χ1v) is 8.26. The summed E-state index contributed by atoms with van der Waals surface area (Å²) in [5.41, 5.74) is 1.73. The van der Waals surface area contributed by atoms with Crippen LogP contribution < -0.4 is 10.6 Å². The summed E-state index contributed by atoms with van der Waals surface area (Å²) in [6.45, 7) is 5.04. The van der Waals surface area contributed by atoms with Gasteiger partial charge in [0, 0.05) is 19.3 Å². The average Bonchev–Trinajstić information content (AvgIpc) is 3.08. The van der Waals surface area contributed by atoms with Crippen molar-refractivity contribution in [3.8, 4) is 0 Å². The number of fused-ring (bicyclic) bond motifs is 3. The van der Waals surface area contributed by atoms with E-state index in [1.165, 1.54) is 6.92 Å². The molecule has 0 aliphatic carbocycles. The van der Waals surface area contributed by atoms with Crippen molar-refractivity contribution in [2.75, 3.05) is 18.5 Å². The molecule has 3 aromatic rings. The average molecular weight is 355 g/mol. The Morgan fingerprint density at radius 3 is 2.81 bits per heavy atom. The summed E-state index contributed by atoms with van der Waals surface area (Å²) in [6, 6.07) is 7.72. The van der Waals surface area contributed by atoms with Gasteiger partial charge in [-0.25, -0.2) is 9.97 Å². The van der Waals surface area contributed by atoms with Gasteiger partial charge in [0.05, 0.1) is 23.1 Å². The first-order chi connectivity index (χ1) is 12.4. The lowest BCUT2D eigenvalue weighted by Crippen LogP contribution is -2.49. The lowest BCUT2D eigenvalue weighted by molar-refractivity contribution is -0.143. The van der Waals surface area contributed by atoms with E-state index >= 15 is 0 Å². The molecule has 0 atom stereocenters. The van der Waals surface area contributed by atoms with Gasteiger partial charge in [-0.1, -0.05) is 12.1 Å². The standard InChI is InChI=1S/C18H21N5O3/c1-12(24)26-11-18(2,3)22-15(25)10-20-16-17-19-8-9-23(17)14-7-5-4-6-13(14)21-16/h4-9H,10-11H2,1-3H3,(H,20,21)(H,22,25). The second-order valence-corrected chi connectivity index (χ2v) is 6.64. The molecule has 0 saturated carbocycles. The maximum atomic E-state index is 12.2. The number of para-hydroxylation sites is 2. The van der Waals surface area contributed by atoms with E-state index in [2.05, 4.69) is 20.6 Å². The number of amides is 1. The highest BCUT2D eigenvalue weighted by Crippen LogP contribution is 2.20. The molecule has 8 heteroatoms. The Kier molecular flexibility index (Phi) is 4.75. The van der Waals surface area contributed by atoms with Crippen LogP contribution in [-0.4, -0.2) is 44.9 Å². The molecule has 0 spiro atoms. The highest BCUT2D eigenvalue weighted by molar-refractivity contribution is 5.86. The number of aromatic nitrogens is 3. The molecule has 8 nitrogen and oxygen atoms in total. The number of anilines is 1. The second-order valence-electron chi connectivity index (χ2n) is 6.64. The Balaban J connectivity index is 1.72. The van der Waals surface area contributed by atoms with Gasteiger partial charge in [0.15, 0.2) is 11.5 Å². The maximum Gasteiger partial charge on any atom is 0.302 e. The molecule has 2 heterocycles. The van der Waals surface area contributed by atoms with Crippen LogP contribution in [0.5, 0.6) is 0 Å². The lowest BCUT2D eigenvalue weighted by Gasteiger charge is -2.25. The molecular weight excluding hydrogens is 334 g/mol. The lowest BCUT2D eigenvalue weighted by atomic mass is 10.1. The van der Waals surface area contributed by atoms with Crippen LogP contribution in [0.3, 0.4) is 0 Å². The van der Waals surface area contributed by atoms with E-state index in [1.54, 1.807) is 20.0 Å². The molecule has 136 valence electrons. The van der Waals surface area contributed by atoms with E-state index < -0.39 is 5.54 Å². The number of carbonyl (C=O) groups is 2. The minimum Gasteiger partial charge on any atom is -0.463 e. The van der Waals surface area contributed by atoms with Gasteiger partial charge >= 0.3 is 5.97 Å². The van der Waals surface area contributed by atoms with Gasteiger partial charge in [0.25, 0.3) is 0 Å². The summed E-state index contributed by atoms with van der Waals surface area (Å²) in [6.07, 6.45) is 3.55. The number of benzene rings is 1. The van der Waals surface area contributed by atoms with Gasteiger partial charge in [-0.3, -0.25) is 14.0 Å². The molecule has 2 aromatic heterocycles. The van der Waals surface area contributed by atoms with Crippen molar-refractivity contribution in [1.82, 2.24) is 19.7 Å². The van der Waals surface area contributed by atoms with Crippen molar-refractivity contribution in [3.63, 3.8) is 0 Å². The summed E-state index contributed by atoms with van der Waals surface area (Å²) < 4.78 is 6.89. The zero-order valence-corrected chi connectivity index (χ0v) is 14.9. The molecule has 0 bridgehead atoms. The topological polar surface area (TPSA) is 97.6 Å². The van der Waals surface area contributed by atoms with Gasteiger partial charge in [-0.05, 0) is 26.0 Å². The zero-order valence-electron chi connectivity index (χ0n) is 14.9. The number of ether oxygens (including phenoxy) is 1. The summed E-state index contributed by atoms with van der Waals surface area (Å²) in [4.78, 5) is 32.1. The Morgan fingerprint density at radius 2 is 2.04 bits per heavy atom. The third kappa shape index (κ3) is 3.90. The van der Waals surface area contributed by atoms with Gasteiger partial charge < -0.3 is 15.4 Å². The number of rotatable bonds is 6. The molecule has 0 unspecified atom stereocenters. The molecule has 26 heavy (non-hydrogen) atoms. The fraction of sp³-hybridized carbons (Fsp3) is 0.333. The van der Waals surface area contributed by atoms with Crippen LogP contribution in [0.1, 0.15) is 20.8 Å². The SMILES string of the molecule is CC(=O)OCC(C)(C)NC(=O)CNc1nc2ccccc2n2ccnc12. The van der Waals surface area contributed by atoms with E-state index in [0.29, 0.717) is 11.5 Å². The van der Waals surface area contributed by atoms with Crippen molar-refractivity contribution in [2.24, 2.45) is 0 Å². The Morgan fingerprint density at radius 1 is 1.27 bits per heavy atom. The summed E-state index contributed by atoms with van der Waals surface area (Å²) in [7, 11) is 0. The smallest absolute Gasteiger partial charge is 0.302 e. The second kappa shape index (κ2) is 6.99. The minimum atomic E-state index is -0.663. The van der Waals surface area contributed by atoms with Crippen molar-refractivity contribution in [2.45, 2.75) is 26.3 Å². The third-order valence-electron chi connectivity index (χ3n) is 3.76. The van der Waals surface area contributed by atoms with Crippen LogP contribution in [0.25, 0.3) is 16.7 Å². The van der Waals surface area contributed by atoms with Gasteiger partial charge in [0.2, 0.25) is 5.91 Å². The normalized spacial score (nSPS) is 11.5. The van der Waals surface area contributed by atoms with Crippen molar-refractivity contribution >= 4 is 34.4 Å². The number of hydrogen-bond acceptors (Lipinski definition) is 6. The molecule has 0 saturated heterocycles. The first kappa shape index (κ1) is 17.7. The van der Waals surface area contributed by atoms with Crippen molar-refractivity contribution < 1.29 is 14.3 Å². The third-order valence-corrected chi connectivity index (χ3v) is 3.76. The predicted molar refractivity (Wildman–Crippen MR) is 97.8 cm³/mol. The molecular formula is C18H21N5O3. The molecule has 1 amide bonds. The van der Waals surface area contributed by atoms with Gasteiger partial charge in [-0.2, -0.15) is 0 Å². The number of nitrogens with zero attached hydrogens (tertiary/aromatic N) is 3. The van der Waals surface area contributed by atoms with E-state index in [9.17, 15) is 9.59 Å². The minimum absolute atomic E-state index is 0.0252. The summed E-state index contributed by atoms with van der Waals surface area (Å²) in [5, 5.41) is 5.87. The molecule has 0 aliphatic rings. The van der Waals surface area contributed by atoms with Crippen LogP contribution >= 0.6 is 0 Å². The number of esters is 1. The van der Waals surface area contributed by atoms with E-state index in [1.807, 2.05) is 34.9 Å². The molecule has 2 N–H and O–H groups in total. The number of hydrogen-bond donors (Lipinski definition) is 2. The summed E-state index contributed by atoms with van der Waals surface area (Å²) >= 11 is 0. The van der Waals surface area contributed by atoms with E-state index in [0.717, 1.165) is 11.0 Å². The van der Waals surface area contributed by atoms with Gasteiger partial charge in [-0.15, -0.1) is 0 Å². The highest BCUT2D eigenvalue weighted by Gasteiger charge is 2.22. The Hall–Kier alpha value is -3.16. The predicted octanol–water partition coefficient (Wildman–Crippen LogP) is 1.75. The van der Waals surface area contributed by atoms with Crippen LogP contribution in [0.2, 0.25) is 0 Å². The number of carbonyl (C=O) groups excluding carboxylic acids is 2. The van der Waals surface area contributed by atoms with Crippen LogP contribution in [0.15, 0.2) is 36.7 Å². The molecule has 0 fully saturated rings. The molecule has 1 aromatic carbocycles. The fourth-order valence-corrected chi connectivity index (χ4v) is 2.63. The van der Waals surface area contributed by atoms with Crippen molar-refractivity contribution in [3.05, 3.63) is 36.7 Å². The zero-order chi connectivity index (χ0) is 18.7. The Labute approximate surface area is 150 Å². The maximum absolute atomic E-state index is 12.2. The molecule has 3 rings (SSSR count). The largest absolute Gasteiger partial charge is 0.463 e. The van der Waals surface area contributed by atoms with E-state index in [-0.39, 0.29) is 25.0 Å². The quantitative estimate of drug-likeness (QED) is 0.654. The molecule has 0 radical (unpaired) electrons. The number of imidazole rings is 1. The van der Waals surface area contributed by atoms with Crippen LogP contribution in [0.4, 0.5) is 5.82 Å². The summed E-state index contributed by atoms with van der Waals surface area (Å²) in [5.74, 6) is -0.0871. The van der Waals surface area contributed by atoms with Gasteiger partial charge in [0.1, 0.15) is 6.61 Å². The van der Waals surface area contributed by atoms with Crippen LogP contribution in [0, 0.1) is 0 Å². The molecule has 0 aliphatic heterocycles. The monoisotopic (exact) mass is 355 g/mol. The Bertz CT molecular complexity index is 964. The van der Waals surface area contributed by atoms with Crippen molar-refractivity contribution in [1.29, 1.82) is 0 Å². The first-order valence-electron chi connectivity index (χ1n) is 8.26. The highest BCUT2D eigenvalue weighted by atomic mass is 16.5. The van der Waals surface area contributed by atoms with E-state index in [4.69, 9.17) is 4.74 Å². The number of nitrogens with one attached hydrogen (secondary N) is 2. The van der Waals surface area contributed by atoms with Crippen LogP contribution in [-0.2, 0) is 14.3 Å².